The van der Waals surface area contributed by atoms with E-state index in [9.17, 15) is 0 Å². The molecule has 0 atom stereocenters. The molecule has 0 aliphatic rings. The molecule has 0 unspecified atom stereocenters. The van der Waals surface area contributed by atoms with E-state index in [1.807, 2.05) is 48.7 Å². The molecule has 4 nitrogen and oxygen atoms in total. The van der Waals surface area contributed by atoms with Crippen LogP contribution in [-0.2, 0) is 0 Å². The first-order chi connectivity index (χ1) is 14.8. The minimum absolute atomic E-state index is 0.861. The summed E-state index contributed by atoms with van der Waals surface area (Å²) in [5.74, 6) is 0. The lowest BCUT2D eigenvalue weighted by atomic mass is 10.0. The number of nitrogens with zero attached hydrogens (tertiary/aromatic N) is 2. The van der Waals surface area contributed by atoms with Gasteiger partial charge in [-0.05, 0) is 24.3 Å². The van der Waals surface area contributed by atoms with Gasteiger partial charge >= 0.3 is 0 Å². The van der Waals surface area contributed by atoms with Gasteiger partial charge in [-0.3, -0.25) is 4.98 Å². The number of nitrogens with one attached hydrogen (secondary N) is 1. The zero-order chi connectivity index (χ0) is 19.7. The molecule has 0 saturated heterocycles. The number of furan rings is 1. The Hall–Kier alpha value is -4.18. The summed E-state index contributed by atoms with van der Waals surface area (Å²) >= 11 is 0. The summed E-state index contributed by atoms with van der Waals surface area (Å²) in [6.07, 6.45) is 1.85. The summed E-state index contributed by atoms with van der Waals surface area (Å²) in [5, 5.41) is 4.62. The van der Waals surface area contributed by atoms with Crippen molar-refractivity contribution < 1.29 is 4.42 Å². The van der Waals surface area contributed by atoms with Crippen molar-refractivity contribution >= 4 is 54.8 Å². The third-order valence-electron chi connectivity index (χ3n) is 5.86. The van der Waals surface area contributed by atoms with E-state index in [4.69, 9.17) is 9.40 Å². The highest BCUT2D eigenvalue weighted by atomic mass is 16.3. The number of benzene rings is 4. The molecule has 0 spiro atoms. The second-order valence-electron chi connectivity index (χ2n) is 7.59. The topological polar surface area (TPSA) is 54.7 Å². The van der Waals surface area contributed by atoms with E-state index in [1.54, 1.807) is 0 Å². The predicted molar refractivity (Wildman–Crippen MR) is 122 cm³/mol. The number of H-pyrrole nitrogens is 1. The molecule has 0 aliphatic heterocycles. The van der Waals surface area contributed by atoms with E-state index < -0.39 is 0 Å². The molecule has 1 N–H and O–H groups in total. The van der Waals surface area contributed by atoms with Crippen LogP contribution in [0.4, 0.5) is 0 Å². The maximum Gasteiger partial charge on any atom is 0.137 e. The molecule has 0 radical (unpaired) electrons. The third kappa shape index (κ3) is 2.10. The number of rotatable bonds is 1. The SMILES string of the molecule is c1ccc2nc(-c3cccc4c3[nH]c3cc5oc6ccccc6c5cc34)cnc2c1. The van der Waals surface area contributed by atoms with Crippen LogP contribution >= 0.6 is 0 Å². The molecule has 4 aromatic carbocycles. The fraction of sp³-hybridized carbons (Fsp3) is 0. The Morgan fingerprint density at radius 2 is 1.50 bits per heavy atom. The standard InChI is InChI=1S/C26H15N3O/c1-4-11-24-15(6-1)19-12-18-16-7-5-8-17(26(16)29-22(18)13-25(19)30-24)23-14-27-20-9-2-3-10-21(20)28-23/h1-14,29H. The van der Waals surface area contributed by atoms with Gasteiger partial charge in [0.1, 0.15) is 11.2 Å². The second-order valence-corrected chi connectivity index (χ2v) is 7.59. The molecule has 7 aromatic rings. The molecule has 0 aliphatic carbocycles. The first-order valence-corrected chi connectivity index (χ1v) is 9.93. The van der Waals surface area contributed by atoms with Crippen molar-refractivity contribution in [2.45, 2.75) is 0 Å². The van der Waals surface area contributed by atoms with Crippen molar-refractivity contribution in [3.8, 4) is 11.3 Å². The highest BCUT2D eigenvalue weighted by Gasteiger charge is 2.14. The zero-order valence-corrected chi connectivity index (χ0v) is 15.9. The average molecular weight is 385 g/mol. The van der Waals surface area contributed by atoms with E-state index >= 15 is 0 Å². The van der Waals surface area contributed by atoms with Crippen LogP contribution < -0.4 is 0 Å². The first-order valence-electron chi connectivity index (χ1n) is 9.93. The summed E-state index contributed by atoms with van der Waals surface area (Å²) in [5.41, 5.74) is 7.62. The van der Waals surface area contributed by atoms with Crippen LogP contribution in [0.3, 0.4) is 0 Å². The molecular formula is C26H15N3O. The molecule has 0 amide bonds. The molecule has 3 aromatic heterocycles. The van der Waals surface area contributed by atoms with Gasteiger partial charge in [-0.15, -0.1) is 0 Å². The highest BCUT2D eigenvalue weighted by Crippen LogP contribution is 2.37. The van der Waals surface area contributed by atoms with Gasteiger partial charge in [0.15, 0.2) is 0 Å². The third-order valence-corrected chi connectivity index (χ3v) is 5.86. The summed E-state index contributed by atoms with van der Waals surface area (Å²) in [7, 11) is 0. The number of hydrogen-bond acceptors (Lipinski definition) is 3. The van der Waals surface area contributed by atoms with E-state index in [-0.39, 0.29) is 0 Å². The lowest BCUT2D eigenvalue weighted by Crippen LogP contribution is -1.89. The largest absolute Gasteiger partial charge is 0.456 e. The van der Waals surface area contributed by atoms with Gasteiger partial charge in [-0.1, -0.05) is 48.5 Å². The minimum Gasteiger partial charge on any atom is -0.456 e. The van der Waals surface area contributed by atoms with Crippen molar-refractivity contribution in [2.24, 2.45) is 0 Å². The number of fused-ring (bicyclic) bond motifs is 7. The second kappa shape index (κ2) is 5.67. The van der Waals surface area contributed by atoms with Crippen LogP contribution in [-0.4, -0.2) is 15.0 Å². The lowest BCUT2D eigenvalue weighted by molar-refractivity contribution is 0.669. The molecule has 0 saturated carbocycles. The van der Waals surface area contributed by atoms with Crippen LogP contribution in [0.2, 0.25) is 0 Å². The molecule has 140 valence electrons. The van der Waals surface area contributed by atoms with E-state index in [1.165, 1.54) is 10.8 Å². The van der Waals surface area contributed by atoms with Gasteiger partial charge < -0.3 is 9.40 Å². The Morgan fingerprint density at radius 1 is 0.667 bits per heavy atom. The van der Waals surface area contributed by atoms with Crippen molar-refractivity contribution in [3.63, 3.8) is 0 Å². The van der Waals surface area contributed by atoms with Crippen molar-refractivity contribution in [3.05, 3.63) is 85.1 Å². The molecular weight excluding hydrogens is 370 g/mol. The van der Waals surface area contributed by atoms with E-state index in [0.29, 0.717) is 0 Å². The molecule has 0 bridgehead atoms. The van der Waals surface area contributed by atoms with Crippen LogP contribution in [0, 0.1) is 0 Å². The van der Waals surface area contributed by atoms with E-state index in [0.717, 1.165) is 55.3 Å². The molecule has 0 fully saturated rings. The van der Waals surface area contributed by atoms with Gasteiger partial charge in [0.25, 0.3) is 0 Å². The number of para-hydroxylation sites is 4. The van der Waals surface area contributed by atoms with Gasteiger partial charge in [0, 0.05) is 33.2 Å². The summed E-state index contributed by atoms with van der Waals surface area (Å²) < 4.78 is 6.08. The van der Waals surface area contributed by atoms with Crippen molar-refractivity contribution in [1.82, 2.24) is 15.0 Å². The maximum absolute atomic E-state index is 6.08. The van der Waals surface area contributed by atoms with Crippen LogP contribution in [0.1, 0.15) is 0 Å². The number of aromatic nitrogens is 3. The van der Waals surface area contributed by atoms with Crippen LogP contribution in [0.25, 0.3) is 66.0 Å². The Balaban J connectivity index is 1.54. The summed E-state index contributed by atoms with van der Waals surface area (Å²) in [6, 6.07) is 26.8. The number of hydrogen-bond donors (Lipinski definition) is 1. The Kier molecular flexibility index (Phi) is 2.97. The van der Waals surface area contributed by atoms with Crippen LogP contribution in [0.15, 0.2) is 89.5 Å². The van der Waals surface area contributed by atoms with Crippen LogP contribution in [0.5, 0.6) is 0 Å². The summed E-state index contributed by atoms with van der Waals surface area (Å²) in [6.45, 7) is 0. The lowest BCUT2D eigenvalue weighted by Gasteiger charge is -2.04. The molecule has 3 heterocycles. The fourth-order valence-corrected chi connectivity index (χ4v) is 4.44. The molecule has 7 rings (SSSR count). The zero-order valence-electron chi connectivity index (χ0n) is 15.9. The Bertz CT molecular complexity index is 1760. The first kappa shape index (κ1) is 15.7. The van der Waals surface area contributed by atoms with Gasteiger partial charge in [0.05, 0.1) is 34.0 Å². The fourth-order valence-electron chi connectivity index (χ4n) is 4.44. The Labute approximate surface area is 170 Å². The molecule has 4 heteroatoms. The van der Waals surface area contributed by atoms with Crippen molar-refractivity contribution in [2.75, 3.05) is 0 Å². The normalized spacial score (nSPS) is 12.0. The Morgan fingerprint density at radius 3 is 2.47 bits per heavy atom. The monoisotopic (exact) mass is 385 g/mol. The minimum atomic E-state index is 0.861. The van der Waals surface area contributed by atoms with Crippen molar-refractivity contribution in [1.29, 1.82) is 0 Å². The van der Waals surface area contributed by atoms with Gasteiger partial charge in [0.2, 0.25) is 0 Å². The maximum atomic E-state index is 6.08. The predicted octanol–water partition coefficient (Wildman–Crippen LogP) is 6.83. The summed E-state index contributed by atoms with van der Waals surface area (Å²) in [4.78, 5) is 13.1. The average Bonchev–Trinajstić information content (AvgIpc) is 3.34. The number of aromatic amines is 1. The molecule has 30 heavy (non-hydrogen) atoms. The quantitative estimate of drug-likeness (QED) is 0.337. The van der Waals surface area contributed by atoms with Gasteiger partial charge in [-0.2, -0.15) is 0 Å². The smallest absolute Gasteiger partial charge is 0.137 e. The van der Waals surface area contributed by atoms with Gasteiger partial charge in [-0.25, -0.2) is 4.98 Å². The van der Waals surface area contributed by atoms with E-state index in [2.05, 4.69) is 46.4 Å². The highest BCUT2D eigenvalue weighted by molar-refractivity contribution is 6.18.